The summed E-state index contributed by atoms with van der Waals surface area (Å²) in [5.74, 6) is 1.05. The lowest BCUT2D eigenvalue weighted by molar-refractivity contribution is 0.254. The van der Waals surface area contributed by atoms with Gasteiger partial charge in [0.25, 0.3) is 0 Å². The first kappa shape index (κ1) is 18.6. The molecule has 0 saturated carbocycles. The monoisotopic (exact) mass is 346 g/mol. The molecule has 0 aromatic heterocycles. The van der Waals surface area contributed by atoms with E-state index in [4.69, 9.17) is 14.2 Å². The van der Waals surface area contributed by atoms with Crippen LogP contribution in [0.2, 0.25) is 0 Å². The lowest BCUT2D eigenvalue weighted by atomic mass is 10.0. The number of hydrogen-bond donors (Lipinski definition) is 3. The average molecular weight is 346 g/mol. The van der Waals surface area contributed by atoms with Gasteiger partial charge in [0.05, 0.1) is 34.5 Å². The molecule has 0 aliphatic heterocycles. The van der Waals surface area contributed by atoms with Crippen LogP contribution in [0.1, 0.15) is 22.3 Å². The van der Waals surface area contributed by atoms with Crippen molar-refractivity contribution in [2.45, 2.75) is 13.2 Å². The van der Waals surface area contributed by atoms with E-state index < -0.39 is 0 Å². The van der Waals surface area contributed by atoms with Crippen LogP contribution in [0.25, 0.3) is 12.2 Å². The van der Waals surface area contributed by atoms with Gasteiger partial charge in [-0.25, -0.2) is 0 Å². The van der Waals surface area contributed by atoms with Crippen molar-refractivity contribution in [3.05, 3.63) is 46.5 Å². The Morgan fingerprint density at radius 2 is 1.60 bits per heavy atom. The van der Waals surface area contributed by atoms with Crippen molar-refractivity contribution in [2.75, 3.05) is 21.3 Å². The highest BCUT2D eigenvalue weighted by atomic mass is 16.5. The molecular weight excluding hydrogens is 324 g/mol. The first-order chi connectivity index (χ1) is 12.1. The van der Waals surface area contributed by atoms with E-state index in [9.17, 15) is 15.3 Å². The Kier molecular flexibility index (Phi) is 6.27. The van der Waals surface area contributed by atoms with Gasteiger partial charge in [-0.05, 0) is 35.4 Å². The fourth-order valence-electron chi connectivity index (χ4n) is 2.59. The summed E-state index contributed by atoms with van der Waals surface area (Å²) in [6, 6.07) is 6.93. The number of phenolic OH excluding ortho intramolecular Hbond substituents is 1. The zero-order valence-corrected chi connectivity index (χ0v) is 14.4. The number of ether oxygens (including phenoxy) is 3. The Labute approximate surface area is 146 Å². The van der Waals surface area contributed by atoms with Gasteiger partial charge < -0.3 is 29.5 Å². The average Bonchev–Trinajstić information content (AvgIpc) is 2.65. The summed E-state index contributed by atoms with van der Waals surface area (Å²) < 4.78 is 15.6. The molecule has 0 atom stereocenters. The Morgan fingerprint density at radius 1 is 0.880 bits per heavy atom. The Morgan fingerprint density at radius 3 is 2.16 bits per heavy atom. The second-order valence-corrected chi connectivity index (χ2v) is 5.25. The van der Waals surface area contributed by atoms with Crippen LogP contribution in [0.5, 0.6) is 23.0 Å². The minimum absolute atomic E-state index is 0.0728. The van der Waals surface area contributed by atoms with Crippen LogP contribution in [-0.2, 0) is 13.2 Å². The fraction of sp³-hybridized carbons (Fsp3) is 0.263. The number of phenols is 1. The summed E-state index contributed by atoms with van der Waals surface area (Å²) >= 11 is 0. The molecule has 0 heterocycles. The van der Waals surface area contributed by atoms with E-state index >= 15 is 0 Å². The molecule has 6 nitrogen and oxygen atoms in total. The molecule has 0 bridgehead atoms. The number of hydrogen-bond acceptors (Lipinski definition) is 6. The molecule has 0 aliphatic rings. The maximum atomic E-state index is 10.1. The van der Waals surface area contributed by atoms with Crippen LogP contribution in [0, 0.1) is 0 Å². The fourth-order valence-corrected chi connectivity index (χ4v) is 2.59. The number of rotatable bonds is 7. The van der Waals surface area contributed by atoms with Crippen LogP contribution >= 0.6 is 0 Å². The van der Waals surface area contributed by atoms with Gasteiger partial charge >= 0.3 is 0 Å². The van der Waals surface area contributed by atoms with Gasteiger partial charge in [0.2, 0.25) is 5.75 Å². The number of methoxy groups -OCH3 is 3. The van der Waals surface area contributed by atoms with E-state index in [0.29, 0.717) is 33.9 Å². The van der Waals surface area contributed by atoms with E-state index in [0.717, 1.165) is 5.56 Å². The van der Waals surface area contributed by atoms with Crippen molar-refractivity contribution in [2.24, 2.45) is 0 Å². The summed E-state index contributed by atoms with van der Waals surface area (Å²) in [5, 5.41) is 29.1. The van der Waals surface area contributed by atoms with Gasteiger partial charge in [-0.15, -0.1) is 0 Å². The predicted octanol–water partition coefficient (Wildman–Crippen LogP) is 2.57. The van der Waals surface area contributed by atoms with Crippen molar-refractivity contribution >= 4 is 12.2 Å². The Balaban J connectivity index is 2.44. The smallest absolute Gasteiger partial charge is 0.201 e. The van der Waals surface area contributed by atoms with E-state index in [-0.39, 0.29) is 19.0 Å². The number of benzene rings is 2. The standard InChI is InChI=1S/C19H22O6/c1-23-16-7-6-13(19(25-3)18(16)22)5-4-12-8-14(10-20)15(11-21)17(9-12)24-2/h4-9,20-22H,10-11H2,1-3H3. The van der Waals surface area contributed by atoms with Crippen LogP contribution in [0.4, 0.5) is 0 Å². The lowest BCUT2D eigenvalue weighted by Gasteiger charge is -2.13. The SMILES string of the molecule is COc1ccc(C=Cc2cc(CO)c(CO)c(OC)c2)c(OC)c1O. The molecule has 25 heavy (non-hydrogen) atoms. The topological polar surface area (TPSA) is 88.4 Å². The van der Waals surface area contributed by atoms with Crippen LogP contribution in [0.3, 0.4) is 0 Å². The summed E-state index contributed by atoms with van der Waals surface area (Å²) in [7, 11) is 4.44. The third kappa shape index (κ3) is 3.87. The summed E-state index contributed by atoms with van der Waals surface area (Å²) in [6.07, 6.45) is 3.57. The minimum atomic E-state index is -0.219. The zero-order valence-electron chi connectivity index (χ0n) is 14.4. The van der Waals surface area contributed by atoms with Crippen molar-refractivity contribution in [3.63, 3.8) is 0 Å². The summed E-state index contributed by atoms with van der Waals surface area (Å²) in [4.78, 5) is 0. The molecule has 2 rings (SSSR count). The van der Waals surface area contributed by atoms with Crippen LogP contribution in [0.15, 0.2) is 24.3 Å². The third-order valence-electron chi connectivity index (χ3n) is 3.88. The van der Waals surface area contributed by atoms with Gasteiger partial charge in [0, 0.05) is 11.1 Å². The van der Waals surface area contributed by atoms with Crippen LogP contribution in [-0.4, -0.2) is 36.6 Å². The largest absolute Gasteiger partial charge is 0.502 e. The summed E-state index contributed by atoms with van der Waals surface area (Å²) in [6.45, 7) is -0.427. The van der Waals surface area contributed by atoms with Gasteiger partial charge in [-0.1, -0.05) is 12.2 Å². The highest BCUT2D eigenvalue weighted by molar-refractivity contribution is 5.76. The highest BCUT2D eigenvalue weighted by Gasteiger charge is 2.13. The van der Waals surface area contributed by atoms with Gasteiger partial charge in [-0.3, -0.25) is 0 Å². The first-order valence-electron chi connectivity index (χ1n) is 7.63. The predicted molar refractivity (Wildman–Crippen MR) is 95.0 cm³/mol. The number of aliphatic hydroxyl groups excluding tert-OH is 2. The number of aromatic hydroxyl groups is 1. The Hall–Kier alpha value is -2.70. The maximum Gasteiger partial charge on any atom is 0.201 e. The molecule has 0 saturated heterocycles. The van der Waals surface area contributed by atoms with Gasteiger partial charge in [0.15, 0.2) is 11.5 Å². The molecule has 0 radical (unpaired) electrons. The lowest BCUT2D eigenvalue weighted by Crippen LogP contribution is -1.99. The molecule has 0 unspecified atom stereocenters. The molecule has 2 aromatic carbocycles. The van der Waals surface area contributed by atoms with Crippen molar-refractivity contribution < 1.29 is 29.5 Å². The summed E-state index contributed by atoms with van der Waals surface area (Å²) in [5.41, 5.74) is 2.58. The van der Waals surface area contributed by atoms with Crippen molar-refractivity contribution in [1.82, 2.24) is 0 Å². The van der Waals surface area contributed by atoms with Crippen LogP contribution < -0.4 is 14.2 Å². The Bertz CT molecular complexity index is 742. The second kappa shape index (κ2) is 8.41. The molecule has 134 valence electrons. The molecule has 0 fully saturated rings. The normalized spacial score (nSPS) is 10.9. The second-order valence-electron chi connectivity index (χ2n) is 5.25. The molecule has 2 aromatic rings. The first-order valence-corrected chi connectivity index (χ1v) is 7.63. The van der Waals surface area contributed by atoms with E-state index in [1.807, 2.05) is 0 Å². The maximum absolute atomic E-state index is 10.1. The minimum Gasteiger partial charge on any atom is -0.502 e. The molecule has 3 N–H and O–H groups in total. The molecule has 0 aliphatic carbocycles. The molecule has 0 spiro atoms. The van der Waals surface area contributed by atoms with E-state index in [1.54, 1.807) is 36.4 Å². The van der Waals surface area contributed by atoms with Crippen molar-refractivity contribution in [3.8, 4) is 23.0 Å². The van der Waals surface area contributed by atoms with E-state index in [1.165, 1.54) is 21.3 Å². The number of aliphatic hydroxyl groups is 2. The zero-order chi connectivity index (χ0) is 18.4. The van der Waals surface area contributed by atoms with Gasteiger partial charge in [0.1, 0.15) is 5.75 Å². The molecular formula is C19H22O6. The molecule has 0 amide bonds. The third-order valence-corrected chi connectivity index (χ3v) is 3.88. The van der Waals surface area contributed by atoms with Gasteiger partial charge in [-0.2, -0.15) is 0 Å². The molecule has 6 heteroatoms. The highest BCUT2D eigenvalue weighted by Crippen LogP contribution is 2.39. The van der Waals surface area contributed by atoms with Crippen molar-refractivity contribution in [1.29, 1.82) is 0 Å². The van der Waals surface area contributed by atoms with E-state index in [2.05, 4.69) is 0 Å². The quantitative estimate of drug-likeness (QED) is 0.668.